The van der Waals surface area contributed by atoms with Gasteiger partial charge in [0.25, 0.3) is 0 Å². The summed E-state index contributed by atoms with van der Waals surface area (Å²) in [5, 5.41) is 0. The summed E-state index contributed by atoms with van der Waals surface area (Å²) in [6, 6.07) is 12.8. The van der Waals surface area contributed by atoms with Gasteiger partial charge in [-0.2, -0.15) is 0 Å². The number of benzene rings is 2. The van der Waals surface area contributed by atoms with E-state index in [4.69, 9.17) is 0 Å². The van der Waals surface area contributed by atoms with Crippen LogP contribution in [0.3, 0.4) is 0 Å². The smallest absolute Gasteiger partial charge is 0.223 e. The normalized spacial score (nSPS) is 17.1. The number of hydrogen-bond donors (Lipinski definition) is 0. The molecule has 3 nitrogen and oxygen atoms in total. The van der Waals surface area contributed by atoms with Gasteiger partial charge in [0.15, 0.2) is 0 Å². The van der Waals surface area contributed by atoms with Gasteiger partial charge in [0.05, 0.1) is 6.04 Å². The molecule has 1 amide bonds. The molecule has 1 aliphatic rings. The van der Waals surface area contributed by atoms with Gasteiger partial charge in [-0.05, 0) is 81.4 Å². The minimum absolute atomic E-state index is 0. The van der Waals surface area contributed by atoms with E-state index in [1.807, 2.05) is 43.1 Å². The Morgan fingerprint density at radius 1 is 1.17 bits per heavy atom. The minimum atomic E-state index is -0.322. The van der Waals surface area contributed by atoms with E-state index in [2.05, 4.69) is 43.8 Å². The Morgan fingerprint density at radius 2 is 1.77 bits per heavy atom. The first-order valence-corrected chi connectivity index (χ1v) is 11.4. The highest BCUT2D eigenvalue weighted by Crippen LogP contribution is 2.40. The van der Waals surface area contributed by atoms with E-state index in [0.717, 1.165) is 46.0 Å². The molecular formula is C23H28Br2ClFN2O. The van der Waals surface area contributed by atoms with E-state index in [0.29, 0.717) is 6.42 Å². The molecule has 2 aromatic carbocycles. The van der Waals surface area contributed by atoms with Crippen LogP contribution in [-0.2, 0) is 10.2 Å². The number of amides is 1. The second-order valence-electron chi connectivity index (χ2n) is 8.15. The number of halogens is 4. The molecule has 2 aromatic rings. The fourth-order valence-electron chi connectivity index (χ4n) is 4.10. The number of hydrogen-bond acceptors (Lipinski definition) is 2. The van der Waals surface area contributed by atoms with Crippen LogP contribution in [-0.4, -0.2) is 42.9 Å². The van der Waals surface area contributed by atoms with Gasteiger partial charge in [-0.15, -0.1) is 12.4 Å². The molecule has 0 saturated carbocycles. The summed E-state index contributed by atoms with van der Waals surface area (Å²) in [5.41, 5.74) is 1.67. The maximum atomic E-state index is 14.0. The van der Waals surface area contributed by atoms with Crippen LogP contribution in [0.2, 0.25) is 0 Å². The average Bonchev–Trinajstić information content (AvgIpc) is 2.68. The van der Waals surface area contributed by atoms with Crippen molar-refractivity contribution >= 4 is 50.2 Å². The van der Waals surface area contributed by atoms with Crippen molar-refractivity contribution in [1.29, 1.82) is 0 Å². The molecule has 164 valence electrons. The van der Waals surface area contributed by atoms with E-state index >= 15 is 0 Å². The second kappa shape index (κ2) is 10.6. The van der Waals surface area contributed by atoms with Crippen molar-refractivity contribution in [3.05, 3.63) is 68.4 Å². The van der Waals surface area contributed by atoms with E-state index in [1.54, 1.807) is 12.1 Å². The van der Waals surface area contributed by atoms with Gasteiger partial charge in [0, 0.05) is 27.8 Å². The van der Waals surface area contributed by atoms with Crippen LogP contribution >= 0.6 is 44.3 Å². The van der Waals surface area contributed by atoms with Crippen molar-refractivity contribution in [2.75, 3.05) is 27.2 Å². The van der Waals surface area contributed by atoms with Crippen LogP contribution in [0.1, 0.15) is 43.4 Å². The van der Waals surface area contributed by atoms with Crippen LogP contribution in [0.4, 0.5) is 4.39 Å². The van der Waals surface area contributed by atoms with Crippen molar-refractivity contribution in [2.24, 2.45) is 0 Å². The van der Waals surface area contributed by atoms with Gasteiger partial charge in [-0.1, -0.05) is 44.0 Å². The zero-order valence-electron chi connectivity index (χ0n) is 17.5. The largest absolute Gasteiger partial charge is 0.339 e. The Labute approximate surface area is 201 Å². The van der Waals surface area contributed by atoms with Gasteiger partial charge >= 0.3 is 0 Å². The number of nitrogens with zero attached hydrogens (tertiary/aromatic N) is 2. The number of likely N-dealkylation sites (tertiary alicyclic amines) is 1. The summed E-state index contributed by atoms with van der Waals surface area (Å²) >= 11 is 7.05. The lowest BCUT2D eigenvalue weighted by Gasteiger charge is -2.42. The summed E-state index contributed by atoms with van der Waals surface area (Å²) in [5.74, 6) is -0.156. The number of carbonyl (C=O) groups excluding carboxylic acids is 1. The van der Waals surface area contributed by atoms with Gasteiger partial charge in [0.1, 0.15) is 5.82 Å². The van der Waals surface area contributed by atoms with E-state index in [-0.39, 0.29) is 35.6 Å². The van der Waals surface area contributed by atoms with Crippen LogP contribution in [0.15, 0.2) is 51.4 Å². The predicted octanol–water partition coefficient (Wildman–Crippen LogP) is 6.35. The van der Waals surface area contributed by atoms with Gasteiger partial charge < -0.3 is 9.80 Å². The van der Waals surface area contributed by atoms with Crippen molar-refractivity contribution < 1.29 is 9.18 Å². The third-order valence-electron chi connectivity index (χ3n) is 6.21. The first kappa shape index (κ1) is 25.3. The molecule has 0 aromatic heterocycles. The number of rotatable bonds is 5. The molecule has 0 bridgehead atoms. The summed E-state index contributed by atoms with van der Waals surface area (Å²) in [6.45, 7) is 3.85. The fraction of sp³-hybridized carbons (Fsp3) is 0.435. The third kappa shape index (κ3) is 5.84. The molecule has 1 atom stereocenters. The number of carbonyl (C=O) groups is 1. The highest BCUT2D eigenvalue weighted by Gasteiger charge is 2.39. The van der Waals surface area contributed by atoms with Crippen LogP contribution in [0, 0.1) is 5.82 Å². The Hall–Kier alpha value is -0.950. The Balaban J connectivity index is 0.00000320. The maximum Gasteiger partial charge on any atom is 0.223 e. The highest BCUT2D eigenvalue weighted by atomic mass is 79.9. The molecule has 30 heavy (non-hydrogen) atoms. The highest BCUT2D eigenvalue weighted by molar-refractivity contribution is 9.11. The summed E-state index contributed by atoms with van der Waals surface area (Å²) < 4.78 is 15.9. The lowest BCUT2D eigenvalue weighted by molar-refractivity contribution is -0.133. The lowest BCUT2D eigenvalue weighted by atomic mass is 9.70. The standard InChI is InChI=1S/C23H27Br2FN2O.ClH/c1-16(17-11-19(24)14-20(25)12-17)28(3)22(29)15-23(7-9-27(2)10-8-23)18-5-4-6-21(26)13-18;/h4-6,11-14,16H,7-10,15H2,1-3H3;1H. The molecule has 0 aliphatic carbocycles. The first-order chi connectivity index (χ1) is 13.7. The molecule has 0 spiro atoms. The summed E-state index contributed by atoms with van der Waals surface area (Å²) in [7, 11) is 3.95. The molecule has 7 heteroatoms. The Kier molecular flexibility index (Phi) is 8.92. The molecular weight excluding hydrogens is 535 g/mol. The molecule has 3 rings (SSSR count). The van der Waals surface area contributed by atoms with E-state index in [1.165, 1.54) is 6.07 Å². The zero-order chi connectivity index (χ0) is 21.2. The molecule has 1 heterocycles. The molecule has 0 N–H and O–H groups in total. The number of piperidine rings is 1. The maximum absolute atomic E-state index is 14.0. The van der Waals surface area contributed by atoms with Gasteiger partial charge in [0.2, 0.25) is 5.91 Å². The Morgan fingerprint density at radius 3 is 2.33 bits per heavy atom. The van der Waals surface area contributed by atoms with E-state index < -0.39 is 0 Å². The zero-order valence-corrected chi connectivity index (χ0v) is 21.5. The molecule has 0 radical (unpaired) electrons. The predicted molar refractivity (Wildman–Crippen MR) is 130 cm³/mol. The lowest BCUT2D eigenvalue weighted by Crippen LogP contribution is -2.44. The summed E-state index contributed by atoms with van der Waals surface area (Å²) in [6.07, 6.45) is 2.09. The molecule has 1 saturated heterocycles. The van der Waals surface area contributed by atoms with Crippen molar-refractivity contribution in [2.45, 2.75) is 37.6 Å². The van der Waals surface area contributed by atoms with Crippen LogP contribution in [0.5, 0.6) is 0 Å². The molecule has 1 aliphatic heterocycles. The van der Waals surface area contributed by atoms with Crippen LogP contribution < -0.4 is 0 Å². The average molecular weight is 563 g/mol. The van der Waals surface area contributed by atoms with Gasteiger partial charge in [-0.3, -0.25) is 4.79 Å². The third-order valence-corrected chi connectivity index (χ3v) is 7.13. The first-order valence-electron chi connectivity index (χ1n) is 9.86. The Bertz CT molecular complexity index is 867. The van der Waals surface area contributed by atoms with E-state index in [9.17, 15) is 9.18 Å². The quantitative estimate of drug-likeness (QED) is 0.424. The SMILES string of the molecule is CC(c1cc(Br)cc(Br)c1)N(C)C(=O)CC1(c2cccc(F)c2)CCN(C)CC1.Cl. The topological polar surface area (TPSA) is 23.6 Å². The molecule has 1 unspecified atom stereocenters. The summed E-state index contributed by atoms with van der Waals surface area (Å²) in [4.78, 5) is 17.4. The van der Waals surface area contributed by atoms with Crippen molar-refractivity contribution in [1.82, 2.24) is 9.80 Å². The second-order valence-corrected chi connectivity index (χ2v) is 9.99. The van der Waals surface area contributed by atoms with Crippen LogP contribution in [0.25, 0.3) is 0 Å². The van der Waals surface area contributed by atoms with Crippen molar-refractivity contribution in [3.8, 4) is 0 Å². The minimum Gasteiger partial charge on any atom is -0.339 e. The van der Waals surface area contributed by atoms with Gasteiger partial charge in [-0.25, -0.2) is 4.39 Å². The molecule has 1 fully saturated rings. The van der Waals surface area contributed by atoms with Crippen molar-refractivity contribution in [3.63, 3.8) is 0 Å². The monoisotopic (exact) mass is 560 g/mol. The fourth-order valence-corrected chi connectivity index (χ4v) is 5.43.